The first-order valence-corrected chi connectivity index (χ1v) is 11.5. The standard InChI is InChI=1S/C25H19N5O3S/c26-13-19-8-4-5-9-20(19)27-23(31)15-34-25-29-28-24(18-6-2-1-3-7-18)30(25)14-17-10-11-21-22(12-17)33-16-32-21/h1-12H,14-16H2,(H,27,31). The number of benzene rings is 3. The second-order valence-electron chi connectivity index (χ2n) is 7.44. The molecule has 0 saturated carbocycles. The summed E-state index contributed by atoms with van der Waals surface area (Å²) in [6, 6.07) is 24.6. The van der Waals surface area contributed by atoms with Crippen molar-refractivity contribution in [2.45, 2.75) is 11.7 Å². The SMILES string of the molecule is N#Cc1ccccc1NC(=O)CSc1nnc(-c2ccccc2)n1Cc1ccc2c(c1)OCO2. The van der Waals surface area contributed by atoms with Crippen molar-refractivity contribution in [1.29, 1.82) is 5.26 Å². The Labute approximate surface area is 200 Å². The highest BCUT2D eigenvalue weighted by Crippen LogP contribution is 2.33. The van der Waals surface area contributed by atoms with Crippen LogP contribution in [0.5, 0.6) is 11.5 Å². The van der Waals surface area contributed by atoms with E-state index >= 15 is 0 Å². The van der Waals surface area contributed by atoms with Crippen molar-refractivity contribution in [3.05, 3.63) is 83.9 Å². The number of anilines is 1. The fourth-order valence-electron chi connectivity index (χ4n) is 3.57. The zero-order valence-electron chi connectivity index (χ0n) is 18.0. The molecule has 5 rings (SSSR count). The van der Waals surface area contributed by atoms with Crippen molar-refractivity contribution in [2.24, 2.45) is 0 Å². The zero-order valence-corrected chi connectivity index (χ0v) is 18.8. The number of fused-ring (bicyclic) bond motifs is 1. The molecule has 1 N–H and O–H groups in total. The predicted molar refractivity (Wildman–Crippen MR) is 128 cm³/mol. The van der Waals surface area contributed by atoms with Gasteiger partial charge in [0.15, 0.2) is 22.5 Å². The molecule has 34 heavy (non-hydrogen) atoms. The highest BCUT2D eigenvalue weighted by molar-refractivity contribution is 7.99. The minimum Gasteiger partial charge on any atom is -0.454 e. The molecule has 1 aliphatic heterocycles. The van der Waals surface area contributed by atoms with Gasteiger partial charge < -0.3 is 14.8 Å². The summed E-state index contributed by atoms with van der Waals surface area (Å²) in [5.74, 6) is 2.02. The number of amides is 1. The largest absolute Gasteiger partial charge is 0.454 e. The van der Waals surface area contributed by atoms with Crippen LogP contribution < -0.4 is 14.8 Å². The minimum absolute atomic E-state index is 0.119. The van der Waals surface area contributed by atoms with Crippen LogP contribution in [0.3, 0.4) is 0 Å². The smallest absolute Gasteiger partial charge is 0.234 e. The Morgan fingerprint density at radius 3 is 2.68 bits per heavy atom. The van der Waals surface area contributed by atoms with Crippen molar-refractivity contribution in [3.63, 3.8) is 0 Å². The molecule has 3 aromatic carbocycles. The van der Waals surface area contributed by atoms with Crippen molar-refractivity contribution < 1.29 is 14.3 Å². The van der Waals surface area contributed by atoms with E-state index in [1.807, 2.05) is 53.1 Å². The Balaban J connectivity index is 1.38. The third-order valence-electron chi connectivity index (χ3n) is 5.18. The number of hydrogen-bond donors (Lipinski definition) is 1. The highest BCUT2D eigenvalue weighted by Gasteiger charge is 2.19. The van der Waals surface area contributed by atoms with Gasteiger partial charge >= 0.3 is 0 Å². The summed E-state index contributed by atoms with van der Waals surface area (Å²) >= 11 is 1.29. The van der Waals surface area contributed by atoms with Crippen LogP contribution in [-0.4, -0.2) is 33.2 Å². The lowest BCUT2D eigenvalue weighted by atomic mass is 10.2. The summed E-state index contributed by atoms with van der Waals surface area (Å²) in [6.45, 7) is 0.709. The first-order valence-electron chi connectivity index (χ1n) is 10.5. The molecule has 4 aromatic rings. The number of ether oxygens (including phenoxy) is 2. The van der Waals surface area contributed by atoms with Gasteiger partial charge in [-0.2, -0.15) is 5.26 Å². The molecule has 9 heteroatoms. The molecule has 8 nitrogen and oxygen atoms in total. The maximum absolute atomic E-state index is 12.6. The van der Waals surface area contributed by atoms with Crippen LogP contribution in [0.2, 0.25) is 0 Å². The number of carbonyl (C=O) groups is 1. The Hall–Kier alpha value is -4.29. The molecule has 0 saturated heterocycles. The van der Waals surface area contributed by atoms with Gasteiger partial charge in [-0.25, -0.2) is 0 Å². The molecule has 1 aromatic heterocycles. The van der Waals surface area contributed by atoms with Crippen LogP contribution in [0, 0.1) is 11.3 Å². The van der Waals surface area contributed by atoms with E-state index in [9.17, 15) is 10.1 Å². The van der Waals surface area contributed by atoms with E-state index in [0.29, 0.717) is 34.5 Å². The second-order valence-corrected chi connectivity index (χ2v) is 8.38. The fourth-order valence-corrected chi connectivity index (χ4v) is 4.30. The number of hydrogen-bond acceptors (Lipinski definition) is 7. The van der Waals surface area contributed by atoms with Gasteiger partial charge in [-0.1, -0.05) is 60.3 Å². The molecule has 0 unspecified atom stereocenters. The maximum atomic E-state index is 12.6. The van der Waals surface area contributed by atoms with Gasteiger partial charge in [0.25, 0.3) is 0 Å². The molecule has 1 aliphatic rings. The van der Waals surface area contributed by atoms with E-state index in [1.54, 1.807) is 24.3 Å². The van der Waals surface area contributed by atoms with Gasteiger partial charge in [0.2, 0.25) is 12.7 Å². The average molecular weight is 470 g/mol. The molecule has 0 fully saturated rings. The first-order chi connectivity index (χ1) is 16.7. The summed E-state index contributed by atoms with van der Waals surface area (Å²) in [7, 11) is 0. The lowest BCUT2D eigenvalue weighted by Crippen LogP contribution is -2.15. The van der Waals surface area contributed by atoms with Crippen molar-refractivity contribution in [1.82, 2.24) is 14.8 Å². The van der Waals surface area contributed by atoms with E-state index in [0.717, 1.165) is 16.9 Å². The number of nitriles is 1. The summed E-state index contributed by atoms with van der Waals surface area (Å²) in [6.07, 6.45) is 0. The molecule has 1 amide bonds. The Kier molecular flexibility index (Phi) is 6.14. The van der Waals surface area contributed by atoms with Crippen LogP contribution in [0.15, 0.2) is 78.0 Å². The molecular weight excluding hydrogens is 450 g/mol. The third-order valence-corrected chi connectivity index (χ3v) is 6.15. The highest BCUT2D eigenvalue weighted by atomic mass is 32.2. The molecule has 168 valence electrons. The molecule has 0 radical (unpaired) electrons. The summed E-state index contributed by atoms with van der Waals surface area (Å²) in [5.41, 5.74) is 2.83. The third kappa shape index (κ3) is 4.58. The molecule has 0 bridgehead atoms. The maximum Gasteiger partial charge on any atom is 0.234 e. The van der Waals surface area contributed by atoms with Crippen LogP contribution in [0.1, 0.15) is 11.1 Å². The number of aromatic nitrogens is 3. The van der Waals surface area contributed by atoms with Gasteiger partial charge in [-0.3, -0.25) is 9.36 Å². The van der Waals surface area contributed by atoms with Crippen LogP contribution >= 0.6 is 11.8 Å². The average Bonchev–Trinajstić information content (AvgIpc) is 3.50. The number of para-hydroxylation sites is 1. The Bertz CT molecular complexity index is 1380. The topological polar surface area (TPSA) is 102 Å². The van der Waals surface area contributed by atoms with Crippen molar-refractivity contribution in [2.75, 3.05) is 17.9 Å². The van der Waals surface area contributed by atoms with E-state index in [1.165, 1.54) is 11.8 Å². The van der Waals surface area contributed by atoms with Crippen LogP contribution in [0.4, 0.5) is 5.69 Å². The molecule has 0 aliphatic carbocycles. The Morgan fingerprint density at radius 2 is 1.82 bits per heavy atom. The lowest BCUT2D eigenvalue weighted by molar-refractivity contribution is -0.113. The monoisotopic (exact) mass is 469 g/mol. The number of nitrogens with zero attached hydrogens (tertiary/aromatic N) is 4. The van der Waals surface area contributed by atoms with Gasteiger partial charge in [-0.15, -0.1) is 10.2 Å². The minimum atomic E-state index is -0.230. The van der Waals surface area contributed by atoms with Crippen LogP contribution in [-0.2, 0) is 11.3 Å². The van der Waals surface area contributed by atoms with Gasteiger partial charge in [0, 0.05) is 5.56 Å². The quantitative estimate of drug-likeness (QED) is 0.402. The van der Waals surface area contributed by atoms with Gasteiger partial charge in [0.1, 0.15) is 6.07 Å². The summed E-state index contributed by atoms with van der Waals surface area (Å²) < 4.78 is 12.9. The number of thioether (sulfide) groups is 1. The molecule has 0 atom stereocenters. The number of carbonyl (C=O) groups excluding carboxylic acids is 1. The zero-order chi connectivity index (χ0) is 23.3. The van der Waals surface area contributed by atoms with E-state index in [-0.39, 0.29) is 18.5 Å². The normalized spacial score (nSPS) is 11.7. The van der Waals surface area contributed by atoms with E-state index in [4.69, 9.17) is 9.47 Å². The van der Waals surface area contributed by atoms with Crippen LogP contribution in [0.25, 0.3) is 11.4 Å². The molecule has 2 heterocycles. The lowest BCUT2D eigenvalue weighted by Gasteiger charge is -2.11. The van der Waals surface area contributed by atoms with Crippen molar-refractivity contribution in [3.8, 4) is 29.0 Å². The molecule has 0 spiro atoms. The number of rotatable bonds is 7. The van der Waals surface area contributed by atoms with Crippen molar-refractivity contribution >= 4 is 23.4 Å². The first kappa shape index (κ1) is 21.6. The van der Waals surface area contributed by atoms with Gasteiger partial charge in [-0.05, 0) is 29.8 Å². The summed E-state index contributed by atoms with van der Waals surface area (Å²) in [5, 5.41) is 21.4. The summed E-state index contributed by atoms with van der Waals surface area (Å²) in [4.78, 5) is 12.6. The van der Waals surface area contributed by atoms with E-state index in [2.05, 4.69) is 21.6 Å². The predicted octanol–water partition coefficient (Wildman–Crippen LogP) is 4.32. The number of nitrogens with one attached hydrogen (secondary N) is 1. The molecular formula is C25H19N5O3S. The fraction of sp³-hybridized carbons (Fsp3) is 0.120. The Morgan fingerprint density at radius 1 is 1.03 bits per heavy atom. The second kappa shape index (κ2) is 9.68. The van der Waals surface area contributed by atoms with Gasteiger partial charge in [0.05, 0.1) is 23.5 Å². The van der Waals surface area contributed by atoms with E-state index < -0.39 is 0 Å².